The first-order chi connectivity index (χ1) is 7.38. The van der Waals surface area contributed by atoms with E-state index in [2.05, 4.69) is 5.32 Å². The fraction of sp³-hybridized carbons (Fsp3) is 0.500. The third-order valence-electron chi connectivity index (χ3n) is 2.36. The second kappa shape index (κ2) is 7.40. The Balaban J connectivity index is 2.36. The molecule has 0 saturated heterocycles. The van der Waals surface area contributed by atoms with Gasteiger partial charge in [-0.15, -0.1) is 0 Å². The summed E-state index contributed by atoms with van der Waals surface area (Å²) < 4.78 is 0. The molecule has 3 N–H and O–H groups in total. The minimum atomic E-state index is 0.00453. The van der Waals surface area contributed by atoms with Crippen LogP contribution in [0.25, 0.3) is 0 Å². The van der Waals surface area contributed by atoms with Crippen molar-refractivity contribution >= 4 is 0 Å². The van der Waals surface area contributed by atoms with Crippen molar-refractivity contribution in [2.75, 3.05) is 19.8 Å². The Morgan fingerprint density at radius 3 is 2.40 bits per heavy atom. The van der Waals surface area contributed by atoms with E-state index in [0.717, 1.165) is 24.9 Å². The summed E-state index contributed by atoms with van der Waals surface area (Å²) in [6.07, 6.45) is 1.74. The van der Waals surface area contributed by atoms with E-state index in [9.17, 15) is 5.11 Å². The molecule has 0 spiro atoms. The molecule has 1 rings (SSSR count). The predicted molar refractivity (Wildman–Crippen MR) is 60.6 cm³/mol. The number of aliphatic hydroxyl groups excluding tert-OH is 2. The van der Waals surface area contributed by atoms with E-state index in [4.69, 9.17) is 5.11 Å². The van der Waals surface area contributed by atoms with Gasteiger partial charge in [-0.05, 0) is 24.9 Å². The molecule has 84 valence electrons. The SMILES string of the molecule is OCCCCNC(CO)c1ccccc1. The molecular formula is C12H19NO2. The molecule has 1 aromatic rings. The smallest absolute Gasteiger partial charge is 0.0626 e. The first kappa shape index (κ1) is 12.2. The maximum atomic E-state index is 9.22. The topological polar surface area (TPSA) is 52.5 Å². The van der Waals surface area contributed by atoms with Gasteiger partial charge in [0, 0.05) is 6.61 Å². The fourth-order valence-electron chi connectivity index (χ4n) is 1.49. The molecule has 0 fully saturated rings. The molecule has 0 aliphatic rings. The average molecular weight is 209 g/mol. The van der Waals surface area contributed by atoms with Crippen LogP contribution in [0.4, 0.5) is 0 Å². The average Bonchev–Trinajstić information content (AvgIpc) is 2.30. The summed E-state index contributed by atoms with van der Waals surface area (Å²) in [7, 11) is 0. The molecule has 0 aliphatic carbocycles. The van der Waals surface area contributed by atoms with Crippen LogP contribution in [0.1, 0.15) is 24.4 Å². The Kier molecular flexibility index (Phi) is 6.00. The molecule has 0 amide bonds. The first-order valence-corrected chi connectivity index (χ1v) is 5.38. The minimum Gasteiger partial charge on any atom is -0.396 e. The zero-order chi connectivity index (χ0) is 10.9. The Morgan fingerprint density at radius 1 is 1.07 bits per heavy atom. The number of hydrogen-bond acceptors (Lipinski definition) is 3. The number of aliphatic hydroxyl groups is 2. The van der Waals surface area contributed by atoms with Crippen molar-refractivity contribution in [3.05, 3.63) is 35.9 Å². The lowest BCUT2D eigenvalue weighted by Crippen LogP contribution is -2.25. The van der Waals surface area contributed by atoms with Crippen molar-refractivity contribution in [3.63, 3.8) is 0 Å². The summed E-state index contributed by atoms with van der Waals surface area (Å²) in [4.78, 5) is 0. The molecule has 3 heteroatoms. The van der Waals surface area contributed by atoms with Gasteiger partial charge in [0.15, 0.2) is 0 Å². The summed E-state index contributed by atoms with van der Waals surface area (Å²) in [5.41, 5.74) is 1.10. The largest absolute Gasteiger partial charge is 0.396 e. The van der Waals surface area contributed by atoms with Crippen LogP contribution in [0.5, 0.6) is 0 Å². The van der Waals surface area contributed by atoms with E-state index in [1.165, 1.54) is 0 Å². The zero-order valence-electron chi connectivity index (χ0n) is 8.89. The van der Waals surface area contributed by atoms with Gasteiger partial charge in [0.05, 0.1) is 12.6 Å². The summed E-state index contributed by atoms with van der Waals surface area (Å²) >= 11 is 0. The highest BCUT2D eigenvalue weighted by Gasteiger charge is 2.07. The van der Waals surface area contributed by atoms with Crippen molar-refractivity contribution in [1.82, 2.24) is 5.32 Å². The summed E-state index contributed by atoms with van der Waals surface area (Å²) in [6.45, 7) is 1.15. The van der Waals surface area contributed by atoms with Crippen LogP contribution in [0.3, 0.4) is 0 Å². The first-order valence-electron chi connectivity index (χ1n) is 5.38. The van der Waals surface area contributed by atoms with E-state index >= 15 is 0 Å². The Hall–Kier alpha value is -0.900. The second-order valence-corrected chi connectivity index (χ2v) is 3.53. The third kappa shape index (κ3) is 4.42. The monoisotopic (exact) mass is 209 g/mol. The molecule has 3 nitrogen and oxygen atoms in total. The van der Waals surface area contributed by atoms with Crippen molar-refractivity contribution in [2.24, 2.45) is 0 Å². The highest BCUT2D eigenvalue weighted by atomic mass is 16.3. The number of benzene rings is 1. The van der Waals surface area contributed by atoms with Crippen LogP contribution in [0, 0.1) is 0 Å². The standard InChI is InChI=1S/C12H19NO2/c14-9-5-4-8-13-12(10-15)11-6-2-1-3-7-11/h1-3,6-7,12-15H,4-5,8-10H2. The summed E-state index contributed by atoms with van der Waals surface area (Å²) in [5, 5.41) is 21.1. The van der Waals surface area contributed by atoms with E-state index < -0.39 is 0 Å². The number of hydrogen-bond donors (Lipinski definition) is 3. The van der Waals surface area contributed by atoms with Crippen LogP contribution in [0.2, 0.25) is 0 Å². The van der Waals surface area contributed by atoms with Gasteiger partial charge >= 0.3 is 0 Å². The highest BCUT2D eigenvalue weighted by molar-refractivity contribution is 5.18. The van der Waals surface area contributed by atoms with Crippen molar-refractivity contribution in [1.29, 1.82) is 0 Å². The number of nitrogens with one attached hydrogen (secondary N) is 1. The number of unbranched alkanes of at least 4 members (excludes halogenated alkanes) is 1. The second-order valence-electron chi connectivity index (χ2n) is 3.53. The summed E-state index contributed by atoms with van der Waals surface area (Å²) in [6, 6.07) is 9.90. The van der Waals surface area contributed by atoms with Gasteiger partial charge in [-0.2, -0.15) is 0 Å². The molecule has 0 heterocycles. The molecule has 15 heavy (non-hydrogen) atoms. The Bertz CT molecular complexity index is 251. The van der Waals surface area contributed by atoms with E-state index in [1.54, 1.807) is 0 Å². The van der Waals surface area contributed by atoms with Crippen molar-refractivity contribution in [2.45, 2.75) is 18.9 Å². The molecule has 0 saturated carbocycles. The lowest BCUT2D eigenvalue weighted by atomic mass is 10.1. The summed E-state index contributed by atoms with van der Waals surface area (Å²) in [5.74, 6) is 0. The van der Waals surface area contributed by atoms with Crippen molar-refractivity contribution in [3.8, 4) is 0 Å². The van der Waals surface area contributed by atoms with E-state index in [1.807, 2.05) is 30.3 Å². The minimum absolute atomic E-state index is 0.00453. The van der Waals surface area contributed by atoms with Gasteiger partial charge < -0.3 is 15.5 Å². The van der Waals surface area contributed by atoms with Gasteiger partial charge in [0.25, 0.3) is 0 Å². The molecule has 0 radical (unpaired) electrons. The molecule has 0 aromatic heterocycles. The van der Waals surface area contributed by atoms with Crippen molar-refractivity contribution < 1.29 is 10.2 Å². The van der Waals surface area contributed by atoms with Crippen LogP contribution < -0.4 is 5.32 Å². The highest BCUT2D eigenvalue weighted by Crippen LogP contribution is 2.11. The van der Waals surface area contributed by atoms with Gasteiger partial charge in [-0.25, -0.2) is 0 Å². The Labute approximate surface area is 90.8 Å². The van der Waals surface area contributed by atoms with Gasteiger partial charge in [-0.1, -0.05) is 30.3 Å². The third-order valence-corrected chi connectivity index (χ3v) is 2.36. The van der Waals surface area contributed by atoms with Crippen LogP contribution >= 0.6 is 0 Å². The van der Waals surface area contributed by atoms with E-state index in [0.29, 0.717) is 0 Å². The van der Waals surface area contributed by atoms with Gasteiger partial charge in [0.2, 0.25) is 0 Å². The molecule has 0 bridgehead atoms. The van der Waals surface area contributed by atoms with Crippen LogP contribution in [-0.2, 0) is 0 Å². The fourth-order valence-corrected chi connectivity index (χ4v) is 1.49. The normalized spacial score (nSPS) is 12.7. The maximum Gasteiger partial charge on any atom is 0.0626 e. The van der Waals surface area contributed by atoms with E-state index in [-0.39, 0.29) is 19.3 Å². The Morgan fingerprint density at radius 2 is 1.80 bits per heavy atom. The van der Waals surface area contributed by atoms with Crippen LogP contribution in [-0.4, -0.2) is 30.0 Å². The molecule has 0 aliphatic heterocycles. The molecule has 1 atom stereocenters. The molecule has 1 aromatic carbocycles. The quantitative estimate of drug-likeness (QED) is 0.589. The maximum absolute atomic E-state index is 9.22. The lowest BCUT2D eigenvalue weighted by molar-refractivity contribution is 0.240. The zero-order valence-corrected chi connectivity index (χ0v) is 8.89. The number of rotatable bonds is 7. The van der Waals surface area contributed by atoms with Gasteiger partial charge in [0.1, 0.15) is 0 Å². The van der Waals surface area contributed by atoms with Gasteiger partial charge in [-0.3, -0.25) is 0 Å². The predicted octanol–water partition coefficient (Wildman–Crippen LogP) is 1.08. The molecule has 1 unspecified atom stereocenters. The lowest BCUT2D eigenvalue weighted by Gasteiger charge is -2.16. The molecular weight excluding hydrogens is 190 g/mol. The van der Waals surface area contributed by atoms with Crippen LogP contribution in [0.15, 0.2) is 30.3 Å².